The predicted molar refractivity (Wildman–Crippen MR) is 66.6 cm³/mol. The van der Waals surface area contributed by atoms with Crippen molar-refractivity contribution in [1.29, 1.82) is 0 Å². The number of primary amides is 1. The number of amides is 1. The van der Waals surface area contributed by atoms with Crippen molar-refractivity contribution in [1.82, 2.24) is 0 Å². The van der Waals surface area contributed by atoms with E-state index in [9.17, 15) is 4.79 Å². The highest BCUT2D eigenvalue weighted by Crippen LogP contribution is 2.14. The molecule has 1 rings (SSSR count). The van der Waals surface area contributed by atoms with E-state index in [1.54, 1.807) is 0 Å². The highest BCUT2D eigenvalue weighted by molar-refractivity contribution is 5.79. The Kier molecular flexibility index (Phi) is 6.72. The Balaban J connectivity index is 2.42. The minimum Gasteiger partial charge on any atom is -0.369 e. The van der Waals surface area contributed by atoms with Crippen LogP contribution in [0.25, 0.3) is 0 Å². The molecular weight excluding hydrogens is 198 g/mol. The number of carbonyl (C=O) groups excluding carboxylic acids is 1. The van der Waals surface area contributed by atoms with Gasteiger partial charge in [-0.05, 0) is 12.8 Å². The van der Waals surface area contributed by atoms with Crippen molar-refractivity contribution in [2.24, 2.45) is 11.7 Å². The number of carbonyl (C=O) groups is 1. The maximum Gasteiger partial charge on any atom is 0.232 e. The monoisotopic (exact) mass is 221 g/mol. The summed E-state index contributed by atoms with van der Waals surface area (Å²) >= 11 is 0. The van der Waals surface area contributed by atoms with Crippen molar-refractivity contribution in [2.75, 3.05) is 0 Å². The molecular formula is C14H23NO. The van der Waals surface area contributed by atoms with Gasteiger partial charge in [0.25, 0.3) is 0 Å². The summed E-state index contributed by atoms with van der Waals surface area (Å²) in [5.41, 5.74) is 5.34. The average molecular weight is 221 g/mol. The zero-order chi connectivity index (χ0) is 11.6. The van der Waals surface area contributed by atoms with Crippen molar-refractivity contribution in [2.45, 2.75) is 64.2 Å². The first-order chi connectivity index (χ1) is 7.80. The van der Waals surface area contributed by atoms with Gasteiger partial charge >= 0.3 is 0 Å². The molecule has 0 heterocycles. The molecule has 0 radical (unpaired) electrons. The molecule has 1 unspecified atom stereocenters. The Labute approximate surface area is 99.0 Å². The van der Waals surface area contributed by atoms with E-state index in [-0.39, 0.29) is 11.8 Å². The van der Waals surface area contributed by atoms with E-state index in [1.807, 2.05) is 0 Å². The Hall–Kier alpha value is -0.970. The van der Waals surface area contributed by atoms with Crippen molar-refractivity contribution in [3.63, 3.8) is 0 Å². The molecule has 0 spiro atoms. The molecule has 0 saturated heterocycles. The van der Waals surface area contributed by atoms with Gasteiger partial charge < -0.3 is 5.73 Å². The van der Waals surface area contributed by atoms with Crippen LogP contribution in [0.3, 0.4) is 0 Å². The van der Waals surface area contributed by atoms with Gasteiger partial charge in [-0.25, -0.2) is 0 Å². The summed E-state index contributed by atoms with van der Waals surface area (Å²) in [5.74, 6) is 5.68. The molecule has 0 saturated carbocycles. The SMILES string of the molecule is NC(=O)C1C#CCCCCCCCCCC1. The Morgan fingerprint density at radius 3 is 2.12 bits per heavy atom. The second-order valence-electron chi connectivity index (χ2n) is 4.64. The fourth-order valence-corrected chi connectivity index (χ4v) is 2.10. The molecule has 0 aliphatic heterocycles. The van der Waals surface area contributed by atoms with Crippen molar-refractivity contribution >= 4 is 5.91 Å². The van der Waals surface area contributed by atoms with E-state index in [1.165, 1.54) is 44.9 Å². The summed E-state index contributed by atoms with van der Waals surface area (Å²) < 4.78 is 0. The summed E-state index contributed by atoms with van der Waals surface area (Å²) in [7, 11) is 0. The fourth-order valence-electron chi connectivity index (χ4n) is 2.10. The van der Waals surface area contributed by atoms with Crippen LogP contribution in [0.5, 0.6) is 0 Å². The summed E-state index contributed by atoms with van der Waals surface area (Å²) in [4.78, 5) is 11.2. The van der Waals surface area contributed by atoms with Crippen molar-refractivity contribution in [3.05, 3.63) is 0 Å². The molecule has 0 aromatic carbocycles. The average Bonchev–Trinajstić information content (AvgIpc) is 2.28. The normalized spacial score (nSPS) is 24.1. The Morgan fingerprint density at radius 1 is 0.938 bits per heavy atom. The zero-order valence-corrected chi connectivity index (χ0v) is 10.1. The third-order valence-electron chi connectivity index (χ3n) is 3.16. The van der Waals surface area contributed by atoms with Gasteiger partial charge in [-0.3, -0.25) is 4.79 Å². The van der Waals surface area contributed by atoms with E-state index in [4.69, 9.17) is 5.73 Å². The molecule has 1 aliphatic carbocycles. The molecule has 0 fully saturated rings. The molecule has 1 amide bonds. The van der Waals surface area contributed by atoms with Crippen LogP contribution in [0.1, 0.15) is 64.2 Å². The van der Waals surface area contributed by atoms with Gasteiger partial charge in [-0.15, -0.1) is 5.92 Å². The van der Waals surface area contributed by atoms with E-state index in [0.717, 1.165) is 19.3 Å². The molecule has 2 nitrogen and oxygen atoms in total. The second-order valence-corrected chi connectivity index (χ2v) is 4.64. The molecule has 90 valence electrons. The van der Waals surface area contributed by atoms with Gasteiger partial charge in [0, 0.05) is 6.42 Å². The minimum atomic E-state index is -0.248. The first-order valence-electron chi connectivity index (χ1n) is 6.58. The lowest BCUT2D eigenvalue weighted by atomic mass is 10.00. The topological polar surface area (TPSA) is 43.1 Å². The number of nitrogens with two attached hydrogens (primary N) is 1. The summed E-state index contributed by atoms with van der Waals surface area (Å²) in [6.45, 7) is 0. The maximum absolute atomic E-state index is 11.2. The van der Waals surface area contributed by atoms with Crippen LogP contribution in [-0.4, -0.2) is 5.91 Å². The largest absolute Gasteiger partial charge is 0.369 e. The van der Waals surface area contributed by atoms with Crippen LogP contribution >= 0.6 is 0 Å². The highest BCUT2D eigenvalue weighted by Gasteiger charge is 2.11. The lowest BCUT2D eigenvalue weighted by Gasteiger charge is -2.05. The van der Waals surface area contributed by atoms with Crippen molar-refractivity contribution in [3.8, 4) is 11.8 Å². The molecule has 1 atom stereocenters. The van der Waals surface area contributed by atoms with E-state index >= 15 is 0 Å². The number of rotatable bonds is 1. The smallest absolute Gasteiger partial charge is 0.232 e. The van der Waals surface area contributed by atoms with Crippen LogP contribution in [0.2, 0.25) is 0 Å². The standard InChI is InChI=1S/C14H23NO/c15-14(16)13-11-9-7-5-3-1-2-4-6-8-10-12-13/h13H,1-9,11H2,(H2,15,16). The van der Waals surface area contributed by atoms with E-state index in [2.05, 4.69) is 11.8 Å². The van der Waals surface area contributed by atoms with Gasteiger partial charge in [0.2, 0.25) is 5.91 Å². The number of hydrogen-bond donors (Lipinski definition) is 1. The highest BCUT2D eigenvalue weighted by atomic mass is 16.1. The van der Waals surface area contributed by atoms with Gasteiger partial charge in [-0.1, -0.05) is 50.9 Å². The minimum absolute atomic E-state index is 0.208. The number of hydrogen-bond acceptors (Lipinski definition) is 1. The summed E-state index contributed by atoms with van der Waals surface area (Å²) in [5, 5.41) is 0. The Bertz CT molecular complexity index is 262. The molecule has 0 aromatic rings. The molecule has 0 bridgehead atoms. The van der Waals surface area contributed by atoms with Gasteiger partial charge in [0.1, 0.15) is 0 Å². The quantitative estimate of drug-likeness (QED) is 0.680. The van der Waals surface area contributed by atoms with Crippen molar-refractivity contribution < 1.29 is 4.79 Å². The second kappa shape index (κ2) is 8.21. The van der Waals surface area contributed by atoms with Gasteiger partial charge in [0.15, 0.2) is 0 Å². The zero-order valence-electron chi connectivity index (χ0n) is 10.1. The molecule has 1 aliphatic rings. The Morgan fingerprint density at radius 2 is 1.50 bits per heavy atom. The predicted octanol–water partition coefficient (Wildman–Crippen LogP) is 3.01. The van der Waals surface area contributed by atoms with E-state index < -0.39 is 0 Å². The molecule has 0 aromatic heterocycles. The van der Waals surface area contributed by atoms with Gasteiger partial charge in [0.05, 0.1) is 5.92 Å². The fraction of sp³-hybridized carbons (Fsp3) is 0.786. The molecule has 2 heteroatoms. The first-order valence-corrected chi connectivity index (χ1v) is 6.58. The van der Waals surface area contributed by atoms with Crippen LogP contribution < -0.4 is 5.73 Å². The lowest BCUT2D eigenvalue weighted by molar-refractivity contribution is -0.120. The van der Waals surface area contributed by atoms with Crippen LogP contribution in [0.15, 0.2) is 0 Å². The first kappa shape index (κ1) is 13.1. The lowest BCUT2D eigenvalue weighted by Crippen LogP contribution is -2.21. The molecule has 2 N–H and O–H groups in total. The van der Waals surface area contributed by atoms with Crippen LogP contribution in [0.4, 0.5) is 0 Å². The summed E-state index contributed by atoms with van der Waals surface area (Å²) in [6.07, 6.45) is 11.8. The third kappa shape index (κ3) is 5.80. The van der Waals surface area contributed by atoms with E-state index in [0.29, 0.717) is 0 Å². The van der Waals surface area contributed by atoms with Crippen LogP contribution in [0, 0.1) is 17.8 Å². The molecule has 16 heavy (non-hydrogen) atoms. The summed E-state index contributed by atoms with van der Waals surface area (Å²) in [6, 6.07) is 0. The van der Waals surface area contributed by atoms with Crippen LogP contribution in [-0.2, 0) is 4.79 Å². The maximum atomic E-state index is 11.2. The third-order valence-corrected chi connectivity index (χ3v) is 3.16. The van der Waals surface area contributed by atoms with Gasteiger partial charge in [-0.2, -0.15) is 0 Å².